The SMILES string of the molecule is C[C@H]1Cn2ncc(C(=O)Nc3ccc(CC4COC4)c(C#N)c3)c2C(=O)N1c1ccc(C(F)(F)c2ccccc2)cc1. The molecule has 0 spiro atoms. The van der Waals surface area contributed by atoms with Crippen molar-refractivity contribution >= 4 is 23.2 Å². The van der Waals surface area contributed by atoms with Crippen molar-refractivity contribution in [1.29, 1.82) is 5.26 Å². The first-order valence-electron chi connectivity index (χ1n) is 13.6. The Hall–Kier alpha value is -4.88. The number of carbonyl (C=O) groups is 2. The van der Waals surface area contributed by atoms with Gasteiger partial charge in [-0.3, -0.25) is 14.3 Å². The van der Waals surface area contributed by atoms with E-state index in [0.29, 0.717) is 42.6 Å². The molecule has 3 aromatic carbocycles. The van der Waals surface area contributed by atoms with Crippen LogP contribution in [0.25, 0.3) is 0 Å². The van der Waals surface area contributed by atoms with Gasteiger partial charge in [-0.2, -0.15) is 19.1 Å². The lowest BCUT2D eigenvalue weighted by atomic mass is 9.94. The molecule has 3 heterocycles. The summed E-state index contributed by atoms with van der Waals surface area (Å²) in [6, 6.07) is 20.2. The van der Waals surface area contributed by atoms with Gasteiger partial charge in [0.05, 0.1) is 49.2 Å². The van der Waals surface area contributed by atoms with Crippen LogP contribution in [-0.2, 0) is 23.6 Å². The van der Waals surface area contributed by atoms with Gasteiger partial charge in [-0.25, -0.2) is 0 Å². The first-order chi connectivity index (χ1) is 20.3. The number of hydrogen-bond donors (Lipinski definition) is 1. The van der Waals surface area contributed by atoms with E-state index in [1.165, 1.54) is 52.2 Å². The van der Waals surface area contributed by atoms with Gasteiger partial charge >= 0.3 is 0 Å². The zero-order valence-corrected chi connectivity index (χ0v) is 22.8. The normalized spacial score (nSPS) is 16.9. The minimum atomic E-state index is -3.20. The third kappa shape index (κ3) is 4.92. The standard InChI is InChI=1S/C32H27F2N5O3/c1-20-17-38-29(31(41)39(20)27-11-8-25(9-12-27)32(33,34)24-5-3-2-4-6-24)28(16-36-38)30(40)37-26-10-7-22(23(14-26)15-35)13-21-18-42-19-21/h2-12,14,16,20-21H,13,17-19H2,1H3,(H,37,40)/t20-/m0/s1. The van der Waals surface area contributed by atoms with E-state index in [-0.39, 0.29) is 28.4 Å². The monoisotopic (exact) mass is 567 g/mol. The Morgan fingerprint density at radius 2 is 1.81 bits per heavy atom. The highest BCUT2D eigenvalue weighted by atomic mass is 19.3. The summed E-state index contributed by atoms with van der Waals surface area (Å²) in [4.78, 5) is 28.5. The van der Waals surface area contributed by atoms with E-state index in [1.54, 1.807) is 30.3 Å². The average molecular weight is 568 g/mol. The second kappa shape index (κ2) is 10.8. The molecule has 8 nitrogen and oxygen atoms in total. The first kappa shape index (κ1) is 27.3. The number of rotatable bonds is 7. The largest absolute Gasteiger partial charge is 0.381 e. The van der Waals surface area contributed by atoms with Crippen molar-refractivity contribution in [3.63, 3.8) is 0 Å². The molecular weight excluding hydrogens is 540 g/mol. The van der Waals surface area contributed by atoms with Crippen LogP contribution in [0.2, 0.25) is 0 Å². The Balaban J connectivity index is 1.22. The minimum Gasteiger partial charge on any atom is -0.381 e. The number of nitrogens with one attached hydrogen (secondary N) is 1. The van der Waals surface area contributed by atoms with E-state index < -0.39 is 17.7 Å². The number of anilines is 2. The number of nitrogens with zero attached hydrogens (tertiary/aromatic N) is 4. The summed E-state index contributed by atoms with van der Waals surface area (Å²) in [6.07, 6.45) is 2.07. The fourth-order valence-electron chi connectivity index (χ4n) is 5.43. The van der Waals surface area contributed by atoms with Gasteiger partial charge in [-0.1, -0.05) is 48.5 Å². The lowest BCUT2D eigenvalue weighted by Crippen LogP contribution is -2.47. The van der Waals surface area contributed by atoms with Crippen molar-refractivity contribution in [2.75, 3.05) is 23.4 Å². The summed E-state index contributed by atoms with van der Waals surface area (Å²) in [5.74, 6) is -3.82. The summed E-state index contributed by atoms with van der Waals surface area (Å²) in [7, 11) is 0. The molecule has 2 amide bonds. The third-order valence-corrected chi connectivity index (χ3v) is 7.73. The quantitative estimate of drug-likeness (QED) is 0.323. The predicted octanol–water partition coefficient (Wildman–Crippen LogP) is 5.38. The summed E-state index contributed by atoms with van der Waals surface area (Å²) < 4.78 is 36.9. The van der Waals surface area contributed by atoms with Crippen molar-refractivity contribution in [2.45, 2.75) is 31.9 Å². The van der Waals surface area contributed by atoms with E-state index in [4.69, 9.17) is 4.74 Å². The van der Waals surface area contributed by atoms with Gasteiger partial charge in [0, 0.05) is 28.4 Å². The molecule has 0 aliphatic carbocycles. The molecule has 0 radical (unpaired) electrons. The molecular formula is C32H27F2N5O3. The van der Waals surface area contributed by atoms with Crippen LogP contribution in [0.1, 0.15) is 50.0 Å². The van der Waals surface area contributed by atoms with Crippen LogP contribution in [0.5, 0.6) is 0 Å². The second-order valence-electron chi connectivity index (χ2n) is 10.6. The topological polar surface area (TPSA) is 100 Å². The van der Waals surface area contributed by atoms with Crippen LogP contribution >= 0.6 is 0 Å². The van der Waals surface area contributed by atoms with Crippen molar-refractivity contribution in [2.24, 2.45) is 5.92 Å². The number of nitriles is 1. The highest BCUT2D eigenvalue weighted by molar-refractivity contribution is 6.15. The summed E-state index contributed by atoms with van der Waals surface area (Å²) >= 11 is 0. The number of alkyl halides is 2. The molecule has 1 N–H and O–H groups in total. The maximum absolute atomic E-state index is 15.1. The Morgan fingerprint density at radius 3 is 2.48 bits per heavy atom. The molecule has 4 aromatic rings. The van der Waals surface area contributed by atoms with Crippen molar-refractivity contribution in [1.82, 2.24) is 9.78 Å². The number of ether oxygens (including phenoxy) is 1. The van der Waals surface area contributed by atoms with Crippen LogP contribution in [0.3, 0.4) is 0 Å². The Kier molecular flexibility index (Phi) is 7.04. The number of fused-ring (bicyclic) bond motifs is 1. The molecule has 42 heavy (non-hydrogen) atoms. The van der Waals surface area contributed by atoms with E-state index in [0.717, 1.165) is 12.0 Å². The average Bonchev–Trinajstić information content (AvgIpc) is 3.40. The molecule has 212 valence electrons. The van der Waals surface area contributed by atoms with E-state index in [1.807, 2.05) is 13.0 Å². The van der Waals surface area contributed by atoms with Crippen molar-refractivity contribution in [3.05, 3.63) is 113 Å². The van der Waals surface area contributed by atoms with Crippen LogP contribution in [0.15, 0.2) is 79.0 Å². The third-order valence-electron chi connectivity index (χ3n) is 7.73. The molecule has 0 bridgehead atoms. The van der Waals surface area contributed by atoms with Gasteiger partial charge < -0.3 is 15.0 Å². The minimum absolute atomic E-state index is 0.0818. The Labute approximate surface area is 241 Å². The molecule has 2 aliphatic heterocycles. The van der Waals surface area contributed by atoms with Gasteiger partial charge in [0.2, 0.25) is 0 Å². The van der Waals surface area contributed by atoms with E-state index >= 15 is 8.78 Å². The fourth-order valence-corrected chi connectivity index (χ4v) is 5.43. The summed E-state index contributed by atoms with van der Waals surface area (Å²) in [6.45, 7) is 3.48. The van der Waals surface area contributed by atoms with Gasteiger partial charge in [0.15, 0.2) is 0 Å². The number of aromatic nitrogens is 2. The maximum atomic E-state index is 15.1. The maximum Gasteiger partial charge on any atom is 0.298 e. The number of benzene rings is 3. The molecule has 2 aliphatic rings. The summed E-state index contributed by atoms with van der Waals surface area (Å²) in [5.41, 5.74) is 2.09. The lowest BCUT2D eigenvalue weighted by Gasteiger charge is -2.34. The number of carbonyl (C=O) groups excluding carboxylic acids is 2. The molecule has 10 heteroatoms. The zero-order chi connectivity index (χ0) is 29.4. The predicted molar refractivity (Wildman–Crippen MR) is 152 cm³/mol. The molecule has 1 aromatic heterocycles. The highest BCUT2D eigenvalue weighted by Gasteiger charge is 2.37. The Bertz CT molecular complexity index is 1690. The van der Waals surface area contributed by atoms with Crippen molar-refractivity contribution in [3.8, 4) is 6.07 Å². The summed E-state index contributed by atoms with van der Waals surface area (Å²) in [5, 5.41) is 16.7. The number of halogens is 2. The second-order valence-corrected chi connectivity index (χ2v) is 10.6. The van der Waals surface area contributed by atoms with Gasteiger partial charge in [0.1, 0.15) is 5.69 Å². The van der Waals surface area contributed by atoms with Crippen LogP contribution in [0.4, 0.5) is 20.2 Å². The van der Waals surface area contributed by atoms with E-state index in [9.17, 15) is 14.9 Å². The van der Waals surface area contributed by atoms with Gasteiger partial charge in [-0.05, 0) is 43.2 Å². The van der Waals surface area contributed by atoms with Gasteiger partial charge in [0.25, 0.3) is 17.7 Å². The van der Waals surface area contributed by atoms with Crippen LogP contribution < -0.4 is 10.2 Å². The molecule has 1 atom stereocenters. The first-order valence-corrected chi connectivity index (χ1v) is 13.6. The highest BCUT2D eigenvalue weighted by Crippen LogP contribution is 2.37. The van der Waals surface area contributed by atoms with E-state index in [2.05, 4.69) is 16.5 Å². The number of hydrogen-bond acceptors (Lipinski definition) is 5. The molecule has 6 rings (SSSR count). The lowest BCUT2D eigenvalue weighted by molar-refractivity contribution is -0.0312. The molecule has 0 saturated carbocycles. The molecule has 1 saturated heterocycles. The number of amides is 2. The molecule has 0 unspecified atom stereocenters. The van der Waals surface area contributed by atoms with Crippen molar-refractivity contribution < 1.29 is 23.1 Å². The van der Waals surface area contributed by atoms with Crippen LogP contribution in [-0.4, -0.2) is 40.9 Å². The smallest absolute Gasteiger partial charge is 0.298 e. The molecule has 1 fully saturated rings. The zero-order valence-electron chi connectivity index (χ0n) is 22.8. The Morgan fingerprint density at radius 1 is 1.10 bits per heavy atom. The van der Waals surface area contributed by atoms with Gasteiger partial charge in [-0.15, -0.1) is 0 Å². The van der Waals surface area contributed by atoms with Crippen LogP contribution in [0, 0.1) is 17.2 Å². The fraction of sp³-hybridized carbons (Fsp3) is 0.250.